The van der Waals surface area contributed by atoms with Gasteiger partial charge in [0.15, 0.2) is 6.54 Å². The fourth-order valence-electron chi connectivity index (χ4n) is 4.63. The number of anilines is 1. The number of hydrogen-bond acceptors (Lipinski definition) is 3. The van der Waals surface area contributed by atoms with Gasteiger partial charge in [-0.25, -0.2) is 0 Å². The Kier molecular flexibility index (Phi) is 3.69. The third-order valence-corrected chi connectivity index (χ3v) is 8.03. The molecule has 1 aromatic heterocycles. The van der Waals surface area contributed by atoms with Crippen LogP contribution in [-0.4, -0.2) is 6.54 Å². The molecule has 3 aromatic rings. The number of benzene rings is 2. The van der Waals surface area contributed by atoms with E-state index in [1.807, 2.05) is 23.1 Å². The lowest BCUT2D eigenvalue weighted by molar-refractivity contribution is -0.671. The van der Waals surface area contributed by atoms with Crippen molar-refractivity contribution in [2.45, 2.75) is 37.1 Å². The molecule has 134 valence electrons. The summed E-state index contributed by atoms with van der Waals surface area (Å²) < 4.78 is 3.94. The quantitative estimate of drug-likeness (QED) is 0.531. The summed E-state index contributed by atoms with van der Waals surface area (Å²) in [5.74, 6) is 0. The smallest absolute Gasteiger partial charge is 0.262 e. The van der Waals surface area contributed by atoms with Crippen LogP contribution < -0.4 is 9.47 Å². The van der Waals surface area contributed by atoms with Crippen molar-refractivity contribution in [3.8, 4) is 0 Å². The number of para-hydroxylation sites is 2. The molecule has 3 aliphatic heterocycles. The monoisotopic (exact) mass is 389 g/mol. The Morgan fingerprint density at radius 3 is 2.89 bits per heavy atom. The molecule has 6 rings (SSSR count). The van der Waals surface area contributed by atoms with Crippen molar-refractivity contribution in [2.24, 2.45) is 0 Å². The fourth-order valence-corrected chi connectivity index (χ4v) is 6.93. The lowest BCUT2D eigenvalue weighted by Crippen LogP contribution is -2.38. The maximum atomic E-state index is 2.52. The van der Waals surface area contributed by atoms with Gasteiger partial charge in [0.05, 0.1) is 10.7 Å². The van der Waals surface area contributed by atoms with Crippen LogP contribution in [0.3, 0.4) is 0 Å². The summed E-state index contributed by atoms with van der Waals surface area (Å²) in [5.41, 5.74) is 5.94. The summed E-state index contributed by atoms with van der Waals surface area (Å²) in [4.78, 5) is 3.94. The summed E-state index contributed by atoms with van der Waals surface area (Å²) >= 11 is 3.84. The summed E-state index contributed by atoms with van der Waals surface area (Å²) in [6.07, 6.45) is 11.8. The molecule has 4 heterocycles. The number of rotatable bonds is 2. The number of thioether (sulfide) groups is 1. The molecule has 0 radical (unpaired) electrons. The highest BCUT2D eigenvalue weighted by atomic mass is 32.2. The van der Waals surface area contributed by atoms with Gasteiger partial charge >= 0.3 is 0 Å². The molecule has 3 aliphatic rings. The number of aryl methyl sites for hydroxylation is 3. The first kappa shape index (κ1) is 16.0. The molecule has 2 aromatic carbocycles. The average molecular weight is 390 g/mol. The Hall–Kier alpha value is -2.04. The first-order valence-electron chi connectivity index (χ1n) is 9.78. The Balaban J connectivity index is 1.35. The van der Waals surface area contributed by atoms with Gasteiger partial charge in [0.1, 0.15) is 4.70 Å². The minimum absolute atomic E-state index is 1.14. The van der Waals surface area contributed by atoms with Crippen LogP contribution in [0.25, 0.3) is 16.3 Å². The molecule has 27 heavy (non-hydrogen) atoms. The normalized spacial score (nSPS) is 19.4. The zero-order valence-corrected chi connectivity index (χ0v) is 16.8. The summed E-state index contributed by atoms with van der Waals surface area (Å²) in [6.45, 7) is 2.28. The maximum Gasteiger partial charge on any atom is 0.262 e. The first-order valence-corrected chi connectivity index (χ1v) is 11.4. The van der Waals surface area contributed by atoms with Gasteiger partial charge < -0.3 is 4.90 Å². The molecular formula is C23H21N2S2+. The molecule has 0 N–H and O–H groups in total. The van der Waals surface area contributed by atoms with E-state index >= 15 is 0 Å². The standard InChI is InChI=1S/C23H21N2S2/c1-6-16-8-4-14-24-20(26-18(10-1)22(16)24)12-3-13-21-25-15-5-9-17-7-2-11-19(27-21)23(17)25/h1-3,6-7,10-13H,4-5,8-9,14-15H2/q+1. The predicted octanol–water partition coefficient (Wildman–Crippen LogP) is 5.55. The van der Waals surface area contributed by atoms with Crippen molar-refractivity contribution in [1.82, 2.24) is 0 Å². The second-order valence-corrected chi connectivity index (χ2v) is 9.57. The third kappa shape index (κ3) is 2.50. The highest BCUT2D eigenvalue weighted by Gasteiger charge is 2.29. The number of hydrogen-bond donors (Lipinski definition) is 0. The summed E-state index contributed by atoms with van der Waals surface area (Å²) in [5, 5.41) is 2.74. The van der Waals surface area contributed by atoms with Gasteiger partial charge in [-0.15, -0.1) is 0 Å². The lowest BCUT2D eigenvalue weighted by atomic mass is 10.0. The van der Waals surface area contributed by atoms with Crippen LogP contribution in [0.1, 0.15) is 29.0 Å². The minimum atomic E-state index is 1.14. The first-order chi connectivity index (χ1) is 13.4. The molecule has 2 nitrogen and oxygen atoms in total. The van der Waals surface area contributed by atoms with Crippen LogP contribution in [0, 0.1) is 0 Å². The largest absolute Gasteiger partial charge is 0.335 e. The van der Waals surface area contributed by atoms with Gasteiger partial charge in [-0.2, -0.15) is 4.57 Å². The SMILES string of the molecule is C(=Cc1sc2cccc3c2[n+]1CCC3)C=C1Sc2cccc3c2N1CCC3. The van der Waals surface area contributed by atoms with Crippen LogP contribution in [0.5, 0.6) is 0 Å². The van der Waals surface area contributed by atoms with Crippen molar-refractivity contribution >= 4 is 45.1 Å². The fraction of sp³-hybridized carbons (Fsp3) is 0.261. The van der Waals surface area contributed by atoms with Crippen LogP contribution in [0.2, 0.25) is 0 Å². The Labute approximate surface area is 167 Å². The van der Waals surface area contributed by atoms with Crippen LogP contribution >= 0.6 is 23.1 Å². The van der Waals surface area contributed by atoms with Crippen molar-refractivity contribution < 1.29 is 4.57 Å². The van der Waals surface area contributed by atoms with E-state index < -0.39 is 0 Å². The van der Waals surface area contributed by atoms with Gasteiger partial charge in [-0.1, -0.05) is 53.4 Å². The molecule has 0 saturated heterocycles. The second-order valence-electron chi connectivity index (χ2n) is 7.44. The molecule has 0 saturated carbocycles. The van der Waals surface area contributed by atoms with Crippen molar-refractivity contribution in [3.63, 3.8) is 0 Å². The summed E-state index contributed by atoms with van der Waals surface area (Å²) in [6, 6.07) is 13.5. The third-order valence-electron chi connectivity index (χ3n) is 5.80. The molecular weight excluding hydrogens is 368 g/mol. The van der Waals surface area contributed by atoms with Crippen LogP contribution in [0.15, 0.2) is 58.5 Å². The number of nitrogens with zero attached hydrogens (tertiary/aromatic N) is 2. The molecule has 0 spiro atoms. The van der Waals surface area contributed by atoms with Gasteiger partial charge in [-0.05, 0) is 43.0 Å². The predicted molar refractivity (Wildman–Crippen MR) is 115 cm³/mol. The zero-order chi connectivity index (χ0) is 17.8. The molecule has 0 unspecified atom stereocenters. The van der Waals surface area contributed by atoms with E-state index in [0.29, 0.717) is 0 Å². The van der Waals surface area contributed by atoms with Gasteiger partial charge in [0.2, 0.25) is 5.52 Å². The zero-order valence-electron chi connectivity index (χ0n) is 15.1. The van der Waals surface area contributed by atoms with Gasteiger partial charge in [0.25, 0.3) is 5.01 Å². The molecule has 0 fully saturated rings. The molecule has 0 bridgehead atoms. The van der Waals surface area contributed by atoms with E-state index in [1.54, 1.807) is 0 Å². The average Bonchev–Trinajstić information content (AvgIpc) is 3.25. The minimum Gasteiger partial charge on any atom is -0.335 e. The van der Waals surface area contributed by atoms with Gasteiger partial charge in [-0.3, -0.25) is 0 Å². The molecule has 4 heteroatoms. The van der Waals surface area contributed by atoms with Crippen molar-refractivity contribution in [3.05, 3.63) is 69.7 Å². The van der Waals surface area contributed by atoms with E-state index in [2.05, 4.69) is 64.1 Å². The van der Waals surface area contributed by atoms with Crippen molar-refractivity contribution in [1.29, 1.82) is 0 Å². The van der Waals surface area contributed by atoms with E-state index in [4.69, 9.17) is 0 Å². The maximum absolute atomic E-state index is 2.52. The van der Waals surface area contributed by atoms with E-state index in [1.165, 1.54) is 67.6 Å². The topological polar surface area (TPSA) is 7.12 Å². The van der Waals surface area contributed by atoms with E-state index in [-0.39, 0.29) is 0 Å². The van der Waals surface area contributed by atoms with E-state index in [9.17, 15) is 0 Å². The highest BCUT2D eigenvalue weighted by molar-refractivity contribution is 8.03. The summed E-state index contributed by atoms with van der Waals surface area (Å²) in [7, 11) is 0. The molecule has 0 atom stereocenters. The number of thiazole rings is 1. The number of allylic oxidation sites excluding steroid dienone is 2. The van der Waals surface area contributed by atoms with Crippen LogP contribution in [-0.2, 0) is 19.4 Å². The Morgan fingerprint density at radius 1 is 1.00 bits per heavy atom. The van der Waals surface area contributed by atoms with Gasteiger partial charge in [0, 0.05) is 29.5 Å². The van der Waals surface area contributed by atoms with Crippen molar-refractivity contribution in [2.75, 3.05) is 11.4 Å². The molecule has 0 aliphatic carbocycles. The molecule has 0 amide bonds. The van der Waals surface area contributed by atoms with E-state index in [0.717, 1.165) is 13.1 Å². The highest BCUT2D eigenvalue weighted by Crippen LogP contribution is 2.49. The second kappa shape index (κ2) is 6.25. The number of aromatic nitrogens is 1. The Bertz CT molecular complexity index is 1120. The lowest BCUT2D eigenvalue weighted by Gasteiger charge is -2.27. The van der Waals surface area contributed by atoms with Crippen LogP contribution in [0.4, 0.5) is 5.69 Å². The Morgan fingerprint density at radius 2 is 1.89 bits per heavy atom.